The number of rotatable bonds is 4. The largest absolute Gasteiger partial charge is 0.586 e. The molecular formula is C23H19F5N4O4. The molecule has 4 heterocycles. The van der Waals surface area contributed by atoms with Crippen LogP contribution in [0.4, 0.5) is 27.8 Å². The molecule has 190 valence electrons. The molecular weight excluding hydrogens is 491 g/mol. The summed E-state index contributed by atoms with van der Waals surface area (Å²) in [4.78, 5) is 4.22. The first-order chi connectivity index (χ1) is 17.1. The van der Waals surface area contributed by atoms with Crippen LogP contribution < -0.4 is 14.8 Å². The zero-order valence-electron chi connectivity index (χ0n) is 18.6. The van der Waals surface area contributed by atoms with Crippen LogP contribution in [0.15, 0.2) is 36.5 Å². The third-order valence-corrected chi connectivity index (χ3v) is 6.23. The molecule has 1 aliphatic carbocycles. The quantitative estimate of drug-likeness (QED) is 0.508. The monoisotopic (exact) mass is 510 g/mol. The highest BCUT2D eigenvalue weighted by Gasteiger charge is 2.50. The fourth-order valence-electron chi connectivity index (χ4n) is 4.79. The molecule has 1 aromatic carbocycles. The molecule has 36 heavy (non-hydrogen) atoms. The van der Waals surface area contributed by atoms with Gasteiger partial charge in [0.15, 0.2) is 17.2 Å². The molecule has 1 saturated heterocycles. The third-order valence-electron chi connectivity index (χ3n) is 6.23. The van der Waals surface area contributed by atoms with Crippen molar-refractivity contribution in [2.45, 2.75) is 44.1 Å². The maximum atomic E-state index is 13.9. The van der Waals surface area contributed by atoms with Gasteiger partial charge in [-0.2, -0.15) is 18.3 Å². The van der Waals surface area contributed by atoms with Gasteiger partial charge in [0.1, 0.15) is 11.5 Å². The zero-order chi connectivity index (χ0) is 25.1. The van der Waals surface area contributed by atoms with Crippen molar-refractivity contribution >= 4 is 5.82 Å². The number of nitrogens with zero attached hydrogens (tertiary/aromatic N) is 3. The lowest BCUT2D eigenvalue weighted by Gasteiger charge is -2.32. The average molecular weight is 510 g/mol. The van der Waals surface area contributed by atoms with E-state index in [-0.39, 0.29) is 48.9 Å². The standard InChI is InChI=1S/C23H19F5N4O4/c24-22(25,26)19-15-2-1-6-21(33-8-9-34-21)20(15)32(31-19)14-5-7-29-18(11-14)30-12-13-3-4-16-17(10-13)36-23(27,28)35-16/h3-5,7,10-11H,1-2,6,8-9,12H2,(H,29,30). The van der Waals surface area contributed by atoms with Crippen molar-refractivity contribution in [3.05, 3.63) is 59.0 Å². The number of halogens is 5. The Bertz CT molecular complexity index is 1320. The van der Waals surface area contributed by atoms with E-state index >= 15 is 0 Å². The molecule has 0 atom stereocenters. The smallest absolute Gasteiger partial charge is 0.395 e. The van der Waals surface area contributed by atoms with Crippen molar-refractivity contribution in [1.82, 2.24) is 14.8 Å². The highest BCUT2D eigenvalue weighted by Crippen LogP contribution is 2.47. The van der Waals surface area contributed by atoms with Crippen molar-refractivity contribution in [2.24, 2.45) is 0 Å². The van der Waals surface area contributed by atoms with Gasteiger partial charge in [0.25, 0.3) is 0 Å². The lowest BCUT2D eigenvalue weighted by Crippen LogP contribution is -2.34. The van der Waals surface area contributed by atoms with Gasteiger partial charge < -0.3 is 24.3 Å². The molecule has 1 fully saturated rings. The Labute approximate surface area is 200 Å². The highest BCUT2D eigenvalue weighted by atomic mass is 19.4. The molecule has 0 radical (unpaired) electrons. The van der Waals surface area contributed by atoms with Crippen LogP contribution in [0.2, 0.25) is 0 Å². The normalized spacial score (nSPS) is 19.5. The van der Waals surface area contributed by atoms with E-state index in [0.717, 1.165) is 0 Å². The van der Waals surface area contributed by atoms with E-state index in [4.69, 9.17) is 9.47 Å². The van der Waals surface area contributed by atoms with E-state index in [2.05, 4.69) is 24.9 Å². The summed E-state index contributed by atoms with van der Waals surface area (Å²) in [7, 11) is 0. The van der Waals surface area contributed by atoms with Crippen LogP contribution in [-0.4, -0.2) is 34.3 Å². The zero-order valence-corrected chi connectivity index (χ0v) is 18.6. The summed E-state index contributed by atoms with van der Waals surface area (Å²) in [6.45, 7) is 0.729. The number of ether oxygens (including phenoxy) is 4. The molecule has 3 aromatic rings. The molecule has 0 bridgehead atoms. The molecule has 1 spiro atoms. The average Bonchev–Trinajstić information content (AvgIpc) is 3.52. The van der Waals surface area contributed by atoms with Gasteiger partial charge in [-0.15, -0.1) is 8.78 Å². The minimum absolute atomic E-state index is 0.0686. The van der Waals surface area contributed by atoms with Crippen LogP contribution >= 0.6 is 0 Å². The summed E-state index contributed by atoms with van der Waals surface area (Å²) < 4.78 is 89.8. The fraction of sp³-hybridized carbons (Fsp3) is 0.391. The summed E-state index contributed by atoms with van der Waals surface area (Å²) in [6, 6.07) is 7.45. The molecule has 0 unspecified atom stereocenters. The van der Waals surface area contributed by atoms with Crippen LogP contribution in [-0.2, 0) is 34.4 Å². The summed E-state index contributed by atoms with van der Waals surface area (Å²) in [6.07, 6.45) is -5.82. The summed E-state index contributed by atoms with van der Waals surface area (Å²) in [5.41, 5.74) is 0.292. The molecule has 6 rings (SSSR count). The van der Waals surface area contributed by atoms with Crippen LogP contribution in [0.5, 0.6) is 11.5 Å². The number of anilines is 1. The molecule has 3 aliphatic rings. The summed E-state index contributed by atoms with van der Waals surface area (Å²) in [5, 5.41) is 6.98. The second kappa shape index (κ2) is 8.03. The Morgan fingerprint density at radius 3 is 2.58 bits per heavy atom. The molecule has 2 aliphatic heterocycles. The van der Waals surface area contributed by atoms with Crippen molar-refractivity contribution in [2.75, 3.05) is 18.5 Å². The van der Waals surface area contributed by atoms with Crippen molar-refractivity contribution in [1.29, 1.82) is 0 Å². The maximum Gasteiger partial charge on any atom is 0.586 e. The maximum absolute atomic E-state index is 13.9. The first-order valence-electron chi connectivity index (χ1n) is 11.2. The second-order valence-corrected chi connectivity index (χ2v) is 8.59. The van der Waals surface area contributed by atoms with E-state index in [9.17, 15) is 22.0 Å². The molecule has 13 heteroatoms. The van der Waals surface area contributed by atoms with Gasteiger partial charge in [0.05, 0.1) is 18.9 Å². The number of nitrogens with one attached hydrogen (secondary N) is 1. The van der Waals surface area contributed by atoms with E-state index in [0.29, 0.717) is 29.9 Å². The number of fused-ring (bicyclic) bond motifs is 3. The minimum atomic E-state index is -4.64. The number of alkyl halides is 5. The number of aromatic nitrogens is 3. The first kappa shape index (κ1) is 23.0. The van der Waals surface area contributed by atoms with Gasteiger partial charge >= 0.3 is 12.5 Å². The van der Waals surface area contributed by atoms with Crippen LogP contribution in [0.3, 0.4) is 0 Å². The fourth-order valence-corrected chi connectivity index (χ4v) is 4.79. The van der Waals surface area contributed by atoms with Crippen LogP contribution in [0.1, 0.15) is 35.4 Å². The molecule has 1 N–H and O–H groups in total. The summed E-state index contributed by atoms with van der Waals surface area (Å²) >= 11 is 0. The van der Waals surface area contributed by atoms with E-state index in [1.165, 1.54) is 23.0 Å². The highest BCUT2D eigenvalue weighted by molar-refractivity contribution is 5.50. The van der Waals surface area contributed by atoms with Crippen molar-refractivity contribution in [3.63, 3.8) is 0 Å². The van der Waals surface area contributed by atoms with Crippen LogP contribution in [0.25, 0.3) is 5.69 Å². The van der Waals surface area contributed by atoms with Gasteiger partial charge in [-0.25, -0.2) is 9.67 Å². The topological polar surface area (TPSA) is 79.7 Å². The number of benzene rings is 1. The molecule has 8 nitrogen and oxygen atoms in total. The first-order valence-corrected chi connectivity index (χ1v) is 11.2. The van der Waals surface area contributed by atoms with Crippen molar-refractivity contribution < 1.29 is 40.9 Å². The molecule has 0 saturated carbocycles. The lowest BCUT2D eigenvalue weighted by atomic mass is 9.90. The van der Waals surface area contributed by atoms with Crippen molar-refractivity contribution in [3.8, 4) is 17.2 Å². The SMILES string of the molecule is FC1(F)Oc2ccc(CNc3cc(-n4nc(C(F)(F)F)c5c4C4(CCC5)OCCO4)ccn3)cc2O1. The van der Waals surface area contributed by atoms with E-state index in [1.54, 1.807) is 18.2 Å². The molecule has 0 amide bonds. The van der Waals surface area contributed by atoms with Gasteiger partial charge in [0, 0.05) is 30.8 Å². The Morgan fingerprint density at radius 2 is 1.81 bits per heavy atom. The van der Waals surface area contributed by atoms with Gasteiger partial charge in [-0.1, -0.05) is 6.07 Å². The predicted molar refractivity (Wildman–Crippen MR) is 113 cm³/mol. The van der Waals surface area contributed by atoms with Gasteiger partial charge in [0.2, 0.25) is 5.79 Å². The van der Waals surface area contributed by atoms with Gasteiger partial charge in [-0.05, 0) is 36.6 Å². The molecule has 2 aromatic heterocycles. The Morgan fingerprint density at radius 1 is 1.03 bits per heavy atom. The Kier molecular flexibility index (Phi) is 5.13. The predicted octanol–water partition coefficient (Wildman–Crippen LogP) is 4.76. The Balaban J connectivity index is 1.31. The lowest BCUT2D eigenvalue weighted by molar-refractivity contribution is -0.286. The van der Waals surface area contributed by atoms with E-state index < -0.39 is 24.0 Å². The van der Waals surface area contributed by atoms with Crippen LogP contribution in [0, 0.1) is 0 Å². The number of hydrogen-bond acceptors (Lipinski definition) is 7. The minimum Gasteiger partial charge on any atom is -0.395 e. The second-order valence-electron chi connectivity index (χ2n) is 8.59. The van der Waals surface area contributed by atoms with E-state index in [1.807, 2.05) is 0 Å². The summed E-state index contributed by atoms with van der Waals surface area (Å²) in [5.74, 6) is -1.11. The Hall–Kier alpha value is -3.45. The number of hydrogen-bond donors (Lipinski definition) is 1. The van der Waals surface area contributed by atoms with Gasteiger partial charge in [-0.3, -0.25) is 0 Å². The third kappa shape index (κ3) is 3.91. The number of pyridine rings is 1.